The normalized spacial score (nSPS) is 22.5. The Labute approximate surface area is 108 Å². The average Bonchev–Trinajstić information content (AvgIpc) is 2.93. The lowest BCUT2D eigenvalue weighted by Gasteiger charge is -2.18. The number of rotatable bonds is 4. The Morgan fingerprint density at radius 2 is 2.26 bits per heavy atom. The maximum Gasteiger partial charge on any atom is 0.325 e. The minimum absolute atomic E-state index is 0.162. The van der Waals surface area contributed by atoms with Crippen LogP contribution in [-0.2, 0) is 9.59 Å². The molecule has 0 radical (unpaired) electrons. The monoisotopic (exact) mass is 266 g/mol. The number of aromatic nitrogens is 3. The second-order valence-electron chi connectivity index (χ2n) is 4.39. The lowest BCUT2D eigenvalue weighted by molar-refractivity contribution is -0.133. The number of urea groups is 1. The lowest BCUT2D eigenvalue weighted by Crippen LogP contribution is -2.44. The number of amides is 4. The van der Waals surface area contributed by atoms with E-state index in [1.807, 2.05) is 0 Å². The van der Waals surface area contributed by atoms with Gasteiger partial charge in [-0.3, -0.25) is 19.8 Å². The van der Waals surface area contributed by atoms with Gasteiger partial charge in [-0.25, -0.2) is 9.89 Å². The number of hydrogen-bond donors (Lipinski definition) is 3. The fourth-order valence-corrected chi connectivity index (χ4v) is 1.71. The van der Waals surface area contributed by atoms with Crippen molar-refractivity contribution in [3.05, 3.63) is 6.33 Å². The molecule has 9 nitrogen and oxygen atoms in total. The van der Waals surface area contributed by atoms with Gasteiger partial charge in [0.1, 0.15) is 18.4 Å². The van der Waals surface area contributed by atoms with E-state index in [-0.39, 0.29) is 12.5 Å². The molecule has 1 fully saturated rings. The fourth-order valence-electron chi connectivity index (χ4n) is 1.71. The quantitative estimate of drug-likeness (QED) is 0.632. The number of nitrogens with zero attached hydrogens (tertiary/aromatic N) is 3. The topological polar surface area (TPSA) is 120 Å². The molecule has 1 atom stereocenters. The van der Waals surface area contributed by atoms with Gasteiger partial charge in [0.25, 0.3) is 5.91 Å². The molecule has 1 aliphatic heterocycles. The summed E-state index contributed by atoms with van der Waals surface area (Å²) in [6.45, 7) is 3.05. The molecule has 2 heterocycles. The van der Waals surface area contributed by atoms with Crippen LogP contribution in [0.5, 0.6) is 0 Å². The first kappa shape index (κ1) is 13.0. The van der Waals surface area contributed by atoms with Crippen molar-refractivity contribution < 1.29 is 14.4 Å². The van der Waals surface area contributed by atoms with E-state index < -0.39 is 23.4 Å². The van der Waals surface area contributed by atoms with Crippen molar-refractivity contribution >= 4 is 23.8 Å². The summed E-state index contributed by atoms with van der Waals surface area (Å²) < 4.78 is 0. The smallest absolute Gasteiger partial charge is 0.323 e. The Bertz CT molecular complexity index is 513. The van der Waals surface area contributed by atoms with Gasteiger partial charge in [0.15, 0.2) is 0 Å². The second kappa shape index (κ2) is 4.67. The molecule has 0 spiro atoms. The van der Waals surface area contributed by atoms with Crippen molar-refractivity contribution in [3.63, 3.8) is 0 Å². The molecule has 19 heavy (non-hydrogen) atoms. The first-order valence-electron chi connectivity index (χ1n) is 5.75. The van der Waals surface area contributed by atoms with Crippen LogP contribution < -0.4 is 10.6 Å². The second-order valence-corrected chi connectivity index (χ2v) is 4.39. The number of H-pyrrole nitrogens is 1. The van der Waals surface area contributed by atoms with E-state index in [0.29, 0.717) is 6.42 Å². The van der Waals surface area contributed by atoms with Crippen LogP contribution in [-0.4, -0.2) is 50.0 Å². The van der Waals surface area contributed by atoms with Gasteiger partial charge >= 0.3 is 6.03 Å². The summed E-state index contributed by atoms with van der Waals surface area (Å²) in [4.78, 5) is 40.0. The Morgan fingerprint density at radius 1 is 1.53 bits per heavy atom. The zero-order valence-corrected chi connectivity index (χ0v) is 10.6. The largest absolute Gasteiger partial charge is 0.325 e. The van der Waals surface area contributed by atoms with Gasteiger partial charge < -0.3 is 5.32 Å². The highest BCUT2D eigenvalue weighted by Gasteiger charge is 2.46. The molecule has 1 unspecified atom stereocenters. The number of carbonyl (C=O) groups excluding carboxylic acids is 3. The Kier molecular flexibility index (Phi) is 3.19. The maximum atomic E-state index is 12.0. The van der Waals surface area contributed by atoms with Crippen molar-refractivity contribution in [3.8, 4) is 0 Å². The highest BCUT2D eigenvalue weighted by atomic mass is 16.2. The van der Waals surface area contributed by atoms with E-state index in [9.17, 15) is 14.4 Å². The van der Waals surface area contributed by atoms with Gasteiger partial charge in [0.2, 0.25) is 11.9 Å². The van der Waals surface area contributed by atoms with Gasteiger partial charge in [-0.15, -0.1) is 0 Å². The van der Waals surface area contributed by atoms with Gasteiger partial charge in [-0.05, 0) is 13.3 Å². The van der Waals surface area contributed by atoms with E-state index in [4.69, 9.17) is 0 Å². The van der Waals surface area contributed by atoms with Gasteiger partial charge in [-0.1, -0.05) is 6.92 Å². The number of nitrogens with one attached hydrogen (secondary N) is 3. The van der Waals surface area contributed by atoms with Crippen LogP contribution in [0.1, 0.15) is 20.3 Å². The molecule has 1 aliphatic rings. The lowest BCUT2D eigenvalue weighted by atomic mass is 9.99. The third kappa shape index (κ3) is 2.39. The molecule has 1 saturated heterocycles. The van der Waals surface area contributed by atoms with E-state index in [0.717, 1.165) is 4.90 Å². The predicted molar refractivity (Wildman–Crippen MR) is 64.0 cm³/mol. The standard InChI is InChI=1S/C10H14N6O3/c1-3-10(2)7(18)16(9(19)14-10)4-6(17)13-8-11-5-12-15-8/h5H,3-4H2,1-2H3,(H,14,19)(H2,11,12,13,15,17). The molecule has 4 amide bonds. The van der Waals surface area contributed by atoms with Crippen LogP contribution in [0.4, 0.5) is 10.7 Å². The average molecular weight is 266 g/mol. The zero-order chi connectivity index (χ0) is 14.0. The molecule has 0 saturated carbocycles. The van der Waals surface area contributed by atoms with E-state index >= 15 is 0 Å². The van der Waals surface area contributed by atoms with Crippen LogP contribution in [0.25, 0.3) is 0 Å². The number of anilines is 1. The van der Waals surface area contributed by atoms with Gasteiger partial charge in [-0.2, -0.15) is 10.1 Å². The summed E-state index contributed by atoms with van der Waals surface area (Å²) in [5.74, 6) is -0.774. The van der Waals surface area contributed by atoms with Gasteiger partial charge in [0, 0.05) is 0 Å². The molecular formula is C10H14N6O3. The maximum absolute atomic E-state index is 12.0. The third-order valence-electron chi connectivity index (χ3n) is 3.03. The van der Waals surface area contributed by atoms with Crippen LogP contribution in [0.3, 0.4) is 0 Å². The Balaban J connectivity index is 2.01. The predicted octanol–water partition coefficient (Wildman–Crippen LogP) is -0.536. The minimum atomic E-state index is -0.941. The van der Waals surface area contributed by atoms with Crippen molar-refractivity contribution in [1.82, 2.24) is 25.4 Å². The first-order chi connectivity index (χ1) is 8.96. The Hall–Kier alpha value is -2.45. The van der Waals surface area contributed by atoms with Crippen LogP contribution in [0.2, 0.25) is 0 Å². The number of carbonyl (C=O) groups is 3. The zero-order valence-electron chi connectivity index (χ0n) is 10.6. The summed E-state index contributed by atoms with van der Waals surface area (Å²) in [6, 6.07) is -0.568. The third-order valence-corrected chi connectivity index (χ3v) is 3.03. The molecule has 2 rings (SSSR count). The van der Waals surface area contributed by atoms with Gasteiger partial charge in [0.05, 0.1) is 0 Å². The molecular weight excluding hydrogens is 252 g/mol. The molecule has 0 aliphatic carbocycles. The van der Waals surface area contributed by atoms with E-state index in [2.05, 4.69) is 25.8 Å². The molecule has 102 valence electrons. The van der Waals surface area contributed by atoms with E-state index in [1.54, 1.807) is 13.8 Å². The molecule has 9 heteroatoms. The molecule has 0 aromatic carbocycles. The summed E-state index contributed by atoms with van der Waals surface area (Å²) in [5, 5.41) is 11.0. The SMILES string of the molecule is CCC1(C)NC(=O)N(CC(=O)Nc2ncn[nH]2)C1=O. The summed E-state index contributed by atoms with van der Waals surface area (Å²) in [6.07, 6.45) is 1.69. The van der Waals surface area contributed by atoms with Crippen LogP contribution in [0, 0.1) is 0 Å². The van der Waals surface area contributed by atoms with Crippen LogP contribution in [0.15, 0.2) is 6.33 Å². The summed E-state index contributed by atoms with van der Waals surface area (Å²) in [7, 11) is 0. The molecule has 1 aromatic rings. The number of aromatic amines is 1. The van der Waals surface area contributed by atoms with Crippen LogP contribution >= 0.6 is 0 Å². The fraction of sp³-hybridized carbons (Fsp3) is 0.500. The van der Waals surface area contributed by atoms with Crippen molar-refractivity contribution in [1.29, 1.82) is 0 Å². The van der Waals surface area contributed by atoms with Crippen molar-refractivity contribution in [2.24, 2.45) is 0 Å². The molecule has 0 bridgehead atoms. The van der Waals surface area contributed by atoms with Crippen molar-refractivity contribution in [2.45, 2.75) is 25.8 Å². The van der Waals surface area contributed by atoms with Crippen molar-refractivity contribution in [2.75, 3.05) is 11.9 Å². The molecule has 1 aromatic heterocycles. The first-order valence-corrected chi connectivity index (χ1v) is 5.75. The Morgan fingerprint density at radius 3 is 2.79 bits per heavy atom. The molecule has 3 N–H and O–H groups in total. The summed E-state index contributed by atoms with van der Waals surface area (Å²) >= 11 is 0. The van der Waals surface area contributed by atoms with E-state index in [1.165, 1.54) is 6.33 Å². The number of hydrogen-bond acceptors (Lipinski definition) is 5. The highest BCUT2D eigenvalue weighted by Crippen LogP contribution is 2.20. The summed E-state index contributed by atoms with van der Waals surface area (Å²) in [5.41, 5.74) is -0.941. The highest BCUT2D eigenvalue weighted by molar-refractivity contribution is 6.09. The minimum Gasteiger partial charge on any atom is -0.323 e. The number of imide groups is 1.